The van der Waals surface area contributed by atoms with Gasteiger partial charge in [-0.25, -0.2) is 0 Å². The molecule has 4 heteroatoms. The third kappa shape index (κ3) is 4.51. The summed E-state index contributed by atoms with van der Waals surface area (Å²) >= 11 is 0. The largest absolute Gasteiger partial charge is 0.488 e. The Kier molecular flexibility index (Phi) is 6.17. The highest BCUT2D eigenvalue weighted by Crippen LogP contribution is 2.33. The molecule has 1 fully saturated rings. The summed E-state index contributed by atoms with van der Waals surface area (Å²) in [6.45, 7) is 4.55. The number of carbonyl (C=O) groups is 1. The predicted octanol–water partition coefficient (Wildman–Crippen LogP) is 5.17. The number of hydrogen-bond acceptors (Lipinski definition) is 3. The molecule has 0 spiro atoms. The fraction of sp³-hybridized carbons (Fsp3) is 0.435. The lowest BCUT2D eigenvalue weighted by Crippen LogP contribution is -2.46. The van der Waals surface area contributed by atoms with Crippen LogP contribution in [0.1, 0.15) is 48.8 Å². The molecule has 144 valence electrons. The molecule has 0 atom stereocenters. The zero-order chi connectivity index (χ0) is 19.3. The predicted molar refractivity (Wildman–Crippen MR) is 108 cm³/mol. The van der Waals surface area contributed by atoms with Gasteiger partial charge in [-0.2, -0.15) is 0 Å². The van der Waals surface area contributed by atoms with Gasteiger partial charge < -0.3 is 14.8 Å². The minimum absolute atomic E-state index is 0.0403. The zero-order valence-corrected chi connectivity index (χ0v) is 16.5. The number of benzene rings is 2. The van der Waals surface area contributed by atoms with E-state index >= 15 is 0 Å². The van der Waals surface area contributed by atoms with Gasteiger partial charge in [0.25, 0.3) is 5.91 Å². The Balaban J connectivity index is 1.71. The van der Waals surface area contributed by atoms with Crippen molar-refractivity contribution in [1.82, 2.24) is 0 Å². The molecule has 0 saturated heterocycles. The van der Waals surface area contributed by atoms with Gasteiger partial charge in [-0.3, -0.25) is 4.79 Å². The lowest BCUT2D eigenvalue weighted by atomic mass is 9.84. The number of nitrogens with one attached hydrogen (secondary N) is 1. The van der Waals surface area contributed by atoms with E-state index in [2.05, 4.69) is 5.32 Å². The van der Waals surface area contributed by atoms with Gasteiger partial charge in [0, 0.05) is 12.8 Å². The first-order valence-corrected chi connectivity index (χ1v) is 9.69. The molecule has 2 aromatic rings. The minimum Gasteiger partial charge on any atom is -0.488 e. The normalized spacial score (nSPS) is 16.0. The van der Waals surface area contributed by atoms with E-state index in [1.807, 2.05) is 56.3 Å². The van der Waals surface area contributed by atoms with Crippen LogP contribution in [-0.2, 0) is 16.1 Å². The summed E-state index contributed by atoms with van der Waals surface area (Å²) in [7, 11) is 1.64. The maximum atomic E-state index is 12.9. The summed E-state index contributed by atoms with van der Waals surface area (Å²) in [5.41, 5.74) is 3.26. The van der Waals surface area contributed by atoms with E-state index in [0.717, 1.165) is 53.8 Å². The van der Waals surface area contributed by atoms with Crippen LogP contribution in [0, 0.1) is 13.8 Å². The molecule has 0 radical (unpaired) electrons. The third-order valence-corrected chi connectivity index (χ3v) is 5.41. The van der Waals surface area contributed by atoms with Crippen LogP contribution in [0.5, 0.6) is 5.75 Å². The molecule has 0 aliphatic heterocycles. The van der Waals surface area contributed by atoms with E-state index < -0.39 is 5.60 Å². The van der Waals surface area contributed by atoms with Gasteiger partial charge in [0.2, 0.25) is 0 Å². The number of amides is 1. The fourth-order valence-electron chi connectivity index (χ4n) is 3.87. The van der Waals surface area contributed by atoms with Crippen molar-refractivity contribution in [1.29, 1.82) is 0 Å². The average molecular weight is 367 g/mol. The second-order valence-electron chi connectivity index (χ2n) is 7.43. The van der Waals surface area contributed by atoms with Crippen LogP contribution in [0.2, 0.25) is 0 Å². The Morgan fingerprint density at radius 2 is 1.67 bits per heavy atom. The van der Waals surface area contributed by atoms with Gasteiger partial charge in [-0.05, 0) is 55.5 Å². The Morgan fingerprint density at radius 3 is 2.26 bits per heavy atom. The molecule has 1 aliphatic rings. The van der Waals surface area contributed by atoms with Crippen LogP contribution in [0.3, 0.4) is 0 Å². The molecular weight excluding hydrogens is 338 g/mol. The molecule has 0 bridgehead atoms. The van der Waals surface area contributed by atoms with Gasteiger partial charge in [-0.15, -0.1) is 0 Å². The number of carbonyl (C=O) groups excluding carboxylic acids is 1. The van der Waals surface area contributed by atoms with Crippen LogP contribution < -0.4 is 10.1 Å². The highest BCUT2D eigenvalue weighted by Gasteiger charge is 2.39. The van der Waals surface area contributed by atoms with E-state index in [1.54, 1.807) is 7.11 Å². The number of hydrogen-bond donors (Lipinski definition) is 1. The first-order valence-electron chi connectivity index (χ1n) is 9.69. The van der Waals surface area contributed by atoms with E-state index in [9.17, 15) is 4.79 Å². The fourth-order valence-corrected chi connectivity index (χ4v) is 3.87. The molecule has 0 heterocycles. The molecule has 0 unspecified atom stereocenters. The van der Waals surface area contributed by atoms with E-state index in [-0.39, 0.29) is 5.91 Å². The number of ether oxygens (including phenoxy) is 2. The molecule has 1 saturated carbocycles. The number of rotatable bonds is 6. The Labute approximate surface area is 161 Å². The van der Waals surface area contributed by atoms with Crippen LogP contribution in [0.4, 0.5) is 5.69 Å². The van der Waals surface area contributed by atoms with Crippen LogP contribution >= 0.6 is 0 Å². The Morgan fingerprint density at radius 1 is 1.04 bits per heavy atom. The second kappa shape index (κ2) is 8.57. The molecule has 27 heavy (non-hydrogen) atoms. The third-order valence-electron chi connectivity index (χ3n) is 5.41. The number of methoxy groups -OCH3 is 1. The van der Waals surface area contributed by atoms with Gasteiger partial charge in [0.05, 0.1) is 0 Å². The smallest absolute Gasteiger partial charge is 0.256 e. The molecule has 1 aliphatic carbocycles. The van der Waals surface area contributed by atoms with Crippen molar-refractivity contribution in [2.75, 3.05) is 12.4 Å². The van der Waals surface area contributed by atoms with Crippen molar-refractivity contribution >= 4 is 11.6 Å². The van der Waals surface area contributed by atoms with Crippen molar-refractivity contribution in [3.63, 3.8) is 0 Å². The summed E-state index contributed by atoms with van der Waals surface area (Å²) in [4.78, 5) is 12.9. The lowest BCUT2D eigenvalue weighted by Gasteiger charge is -2.34. The summed E-state index contributed by atoms with van der Waals surface area (Å²) in [5.74, 6) is 0.831. The zero-order valence-electron chi connectivity index (χ0n) is 16.5. The van der Waals surface area contributed by atoms with Gasteiger partial charge in [0.15, 0.2) is 0 Å². The van der Waals surface area contributed by atoms with Gasteiger partial charge in [-0.1, -0.05) is 49.6 Å². The van der Waals surface area contributed by atoms with Gasteiger partial charge >= 0.3 is 0 Å². The molecule has 1 amide bonds. The summed E-state index contributed by atoms with van der Waals surface area (Å²) in [6.07, 6.45) is 4.80. The van der Waals surface area contributed by atoms with Crippen molar-refractivity contribution in [3.05, 3.63) is 59.2 Å². The van der Waals surface area contributed by atoms with Crippen LogP contribution in [-0.4, -0.2) is 18.6 Å². The summed E-state index contributed by atoms with van der Waals surface area (Å²) < 4.78 is 11.7. The molecule has 1 N–H and O–H groups in total. The second-order valence-corrected chi connectivity index (χ2v) is 7.43. The van der Waals surface area contributed by atoms with E-state index in [1.165, 1.54) is 6.42 Å². The van der Waals surface area contributed by atoms with Gasteiger partial charge in [0.1, 0.15) is 18.0 Å². The molecule has 4 nitrogen and oxygen atoms in total. The average Bonchev–Trinajstić information content (AvgIpc) is 2.68. The van der Waals surface area contributed by atoms with Crippen LogP contribution in [0.15, 0.2) is 42.5 Å². The van der Waals surface area contributed by atoms with Crippen molar-refractivity contribution < 1.29 is 14.3 Å². The number of anilines is 1. The Bertz CT molecular complexity index is 756. The van der Waals surface area contributed by atoms with Crippen LogP contribution in [0.25, 0.3) is 0 Å². The maximum absolute atomic E-state index is 12.9. The topological polar surface area (TPSA) is 47.6 Å². The highest BCUT2D eigenvalue weighted by atomic mass is 16.5. The lowest BCUT2D eigenvalue weighted by molar-refractivity contribution is -0.141. The molecule has 0 aromatic heterocycles. The van der Waals surface area contributed by atoms with Crippen molar-refractivity contribution in [2.45, 2.75) is 58.2 Å². The first kappa shape index (κ1) is 19.4. The SMILES string of the molecule is COC1(C(=O)Nc2cc(C)c(OCc3ccccc3)c(C)c2)CCCCC1. The standard InChI is InChI=1S/C23H29NO3/c1-17-14-20(24-22(25)23(26-3)12-8-5-9-13-23)15-18(2)21(17)27-16-19-10-6-4-7-11-19/h4,6-7,10-11,14-15H,5,8-9,12-13,16H2,1-3H3,(H,24,25). The van der Waals surface area contributed by atoms with Crippen molar-refractivity contribution in [3.8, 4) is 5.75 Å². The van der Waals surface area contributed by atoms with E-state index in [0.29, 0.717) is 6.61 Å². The van der Waals surface area contributed by atoms with Crippen molar-refractivity contribution in [2.24, 2.45) is 0 Å². The Hall–Kier alpha value is -2.33. The highest BCUT2D eigenvalue weighted by molar-refractivity contribution is 5.97. The monoisotopic (exact) mass is 367 g/mol. The molecule has 3 rings (SSSR count). The molecule has 2 aromatic carbocycles. The first-order chi connectivity index (χ1) is 13.0. The molecular formula is C23H29NO3. The number of aryl methyl sites for hydroxylation is 2. The summed E-state index contributed by atoms with van der Waals surface area (Å²) in [5, 5.41) is 3.07. The quantitative estimate of drug-likeness (QED) is 0.766. The minimum atomic E-state index is -0.692. The maximum Gasteiger partial charge on any atom is 0.256 e. The van der Waals surface area contributed by atoms with E-state index in [4.69, 9.17) is 9.47 Å². The summed E-state index contributed by atoms with van der Waals surface area (Å²) in [6, 6.07) is 14.1.